The van der Waals surface area contributed by atoms with Crippen molar-refractivity contribution in [2.45, 2.75) is 37.5 Å². The molecule has 1 aromatic heterocycles. The third-order valence-corrected chi connectivity index (χ3v) is 8.94. The zero-order chi connectivity index (χ0) is 24.3. The van der Waals surface area contributed by atoms with E-state index in [0.29, 0.717) is 0 Å². The van der Waals surface area contributed by atoms with Crippen molar-refractivity contribution < 1.29 is 4.74 Å². The van der Waals surface area contributed by atoms with Gasteiger partial charge in [-0.25, -0.2) is 0 Å². The van der Waals surface area contributed by atoms with E-state index in [2.05, 4.69) is 57.3 Å². The van der Waals surface area contributed by atoms with Crippen molar-refractivity contribution in [3.8, 4) is 5.75 Å². The van der Waals surface area contributed by atoms with E-state index in [0.717, 1.165) is 98.7 Å². The highest BCUT2D eigenvalue weighted by Gasteiger charge is 2.22. The van der Waals surface area contributed by atoms with Gasteiger partial charge in [-0.3, -0.25) is 9.69 Å². The number of benzene rings is 2. The van der Waals surface area contributed by atoms with Crippen molar-refractivity contribution in [2.24, 2.45) is 0 Å². The van der Waals surface area contributed by atoms with Gasteiger partial charge in [0.2, 0.25) is 0 Å². The minimum absolute atomic E-state index is 0.0722. The summed E-state index contributed by atoms with van der Waals surface area (Å²) in [7, 11) is 0. The number of aromatic amines is 1. The minimum Gasteiger partial charge on any atom is -0.490 e. The Hall–Kier alpha value is -2.54. The summed E-state index contributed by atoms with van der Waals surface area (Å²) in [6.07, 6.45) is 6.91. The average molecular weight is 502 g/mol. The van der Waals surface area contributed by atoms with Gasteiger partial charge in [0, 0.05) is 61.5 Å². The SMILES string of the molecule is O=c1[nH]c2ccc(OC3CCN(CCN4CC=C(c5ccccc5)CC4)CC3)cc2c2c1CSCC2. The van der Waals surface area contributed by atoms with Gasteiger partial charge in [0.25, 0.3) is 5.56 Å². The van der Waals surface area contributed by atoms with Crippen molar-refractivity contribution in [3.05, 3.63) is 81.7 Å². The number of aromatic nitrogens is 1. The molecule has 0 spiro atoms. The fourth-order valence-corrected chi connectivity index (χ4v) is 6.80. The highest BCUT2D eigenvalue weighted by molar-refractivity contribution is 7.98. The maximum atomic E-state index is 12.4. The molecule has 5 nitrogen and oxygen atoms in total. The molecule has 6 rings (SSSR count). The standard InChI is InChI=1S/C30H35N3O2S/c34-30-28-21-36-19-12-26(28)27-20-25(6-7-29(27)31-30)35-24-10-15-33(16-11-24)18-17-32-13-8-23(9-14-32)22-4-2-1-3-5-22/h1-8,20,24H,9-19,21H2,(H,31,34). The van der Waals surface area contributed by atoms with Crippen LogP contribution in [0.2, 0.25) is 0 Å². The minimum atomic E-state index is 0.0722. The Balaban J connectivity index is 1.000. The molecule has 0 saturated carbocycles. The normalized spacial score (nSPS) is 19.7. The number of hydrogen-bond donors (Lipinski definition) is 1. The first-order chi connectivity index (χ1) is 17.7. The molecule has 3 aromatic rings. The summed E-state index contributed by atoms with van der Waals surface area (Å²) in [4.78, 5) is 20.7. The van der Waals surface area contributed by atoms with Crippen molar-refractivity contribution >= 4 is 28.2 Å². The van der Waals surface area contributed by atoms with Crippen LogP contribution >= 0.6 is 11.8 Å². The third-order valence-electron chi connectivity index (χ3n) is 7.95. The van der Waals surface area contributed by atoms with Gasteiger partial charge < -0.3 is 14.6 Å². The third kappa shape index (κ3) is 5.26. The first kappa shape index (κ1) is 23.8. The Morgan fingerprint density at radius 3 is 2.58 bits per heavy atom. The number of H-pyrrole nitrogens is 1. The predicted octanol–water partition coefficient (Wildman–Crippen LogP) is 4.95. The van der Waals surface area contributed by atoms with Crippen LogP contribution in [0.4, 0.5) is 0 Å². The summed E-state index contributed by atoms with van der Waals surface area (Å²) in [5.41, 5.74) is 6.03. The highest BCUT2D eigenvalue weighted by atomic mass is 32.2. The molecule has 2 aromatic carbocycles. The zero-order valence-electron chi connectivity index (χ0n) is 20.9. The summed E-state index contributed by atoms with van der Waals surface area (Å²) >= 11 is 1.84. The molecule has 0 aliphatic carbocycles. The van der Waals surface area contributed by atoms with E-state index >= 15 is 0 Å². The number of pyridine rings is 1. The van der Waals surface area contributed by atoms with Crippen LogP contribution < -0.4 is 10.3 Å². The quantitative estimate of drug-likeness (QED) is 0.518. The lowest BCUT2D eigenvalue weighted by molar-refractivity contribution is 0.0939. The van der Waals surface area contributed by atoms with E-state index in [1.54, 1.807) is 0 Å². The van der Waals surface area contributed by atoms with Crippen LogP contribution in [0.15, 0.2) is 59.4 Å². The van der Waals surface area contributed by atoms with E-state index in [4.69, 9.17) is 4.74 Å². The van der Waals surface area contributed by atoms with Crippen molar-refractivity contribution in [1.82, 2.24) is 14.8 Å². The molecular weight excluding hydrogens is 466 g/mol. The summed E-state index contributed by atoms with van der Waals surface area (Å²) in [6.45, 7) is 6.66. The molecule has 1 fully saturated rings. The van der Waals surface area contributed by atoms with Gasteiger partial charge in [-0.2, -0.15) is 11.8 Å². The molecule has 1 saturated heterocycles. The second kappa shape index (κ2) is 10.8. The molecule has 3 aliphatic heterocycles. The summed E-state index contributed by atoms with van der Waals surface area (Å²) < 4.78 is 6.44. The lowest BCUT2D eigenvalue weighted by Crippen LogP contribution is -2.43. The van der Waals surface area contributed by atoms with E-state index in [1.165, 1.54) is 16.7 Å². The summed E-state index contributed by atoms with van der Waals surface area (Å²) in [5.74, 6) is 2.83. The second-order valence-electron chi connectivity index (χ2n) is 10.2. The number of aryl methyl sites for hydroxylation is 1. The molecule has 0 bridgehead atoms. The van der Waals surface area contributed by atoms with Gasteiger partial charge >= 0.3 is 0 Å². The molecule has 1 N–H and O–H groups in total. The number of piperidine rings is 1. The first-order valence-corrected chi connectivity index (χ1v) is 14.5. The molecule has 0 radical (unpaired) electrons. The van der Waals surface area contributed by atoms with Crippen LogP contribution in [-0.4, -0.2) is 65.9 Å². The molecule has 0 amide bonds. The number of nitrogens with one attached hydrogen (secondary N) is 1. The molecule has 0 unspecified atom stereocenters. The number of fused-ring (bicyclic) bond motifs is 3. The highest BCUT2D eigenvalue weighted by Crippen LogP contribution is 2.31. The smallest absolute Gasteiger partial charge is 0.252 e. The Bertz CT molecular complexity index is 1290. The molecular formula is C30H35N3O2S. The van der Waals surface area contributed by atoms with Crippen LogP contribution in [-0.2, 0) is 12.2 Å². The lowest BCUT2D eigenvalue weighted by Gasteiger charge is -2.34. The average Bonchev–Trinajstić information content (AvgIpc) is 2.94. The fraction of sp³-hybridized carbons (Fsp3) is 0.433. The number of ether oxygens (including phenoxy) is 1. The Labute approximate surface area is 217 Å². The van der Waals surface area contributed by atoms with Crippen LogP contribution in [0, 0.1) is 0 Å². The molecule has 36 heavy (non-hydrogen) atoms. The molecule has 3 aliphatic rings. The maximum absolute atomic E-state index is 12.4. The van der Waals surface area contributed by atoms with Gasteiger partial charge in [-0.05, 0) is 66.3 Å². The van der Waals surface area contributed by atoms with E-state index in [9.17, 15) is 4.79 Å². The number of rotatable bonds is 6. The van der Waals surface area contributed by atoms with Gasteiger partial charge in [-0.1, -0.05) is 36.4 Å². The van der Waals surface area contributed by atoms with E-state index in [-0.39, 0.29) is 11.7 Å². The molecule has 0 atom stereocenters. The van der Waals surface area contributed by atoms with E-state index < -0.39 is 0 Å². The van der Waals surface area contributed by atoms with Gasteiger partial charge in [0.1, 0.15) is 11.9 Å². The topological polar surface area (TPSA) is 48.6 Å². The number of hydrogen-bond acceptors (Lipinski definition) is 5. The van der Waals surface area contributed by atoms with Crippen molar-refractivity contribution in [3.63, 3.8) is 0 Å². The number of nitrogens with zero attached hydrogens (tertiary/aromatic N) is 2. The fourth-order valence-electron chi connectivity index (χ4n) is 5.79. The monoisotopic (exact) mass is 501 g/mol. The molecule has 4 heterocycles. The second-order valence-corrected chi connectivity index (χ2v) is 11.3. The lowest BCUT2D eigenvalue weighted by atomic mass is 9.99. The predicted molar refractivity (Wildman–Crippen MR) is 150 cm³/mol. The Morgan fingerprint density at radius 1 is 0.944 bits per heavy atom. The van der Waals surface area contributed by atoms with E-state index in [1.807, 2.05) is 23.9 Å². The number of likely N-dealkylation sites (tertiary alicyclic amines) is 1. The van der Waals surface area contributed by atoms with Crippen LogP contribution in [0.25, 0.3) is 16.5 Å². The van der Waals surface area contributed by atoms with Gasteiger partial charge in [0.15, 0.2) is 0 Å². The molecule has 6 heteroatoms. The van der Waals surface area contributed by atoms with Crippen molar-refractivity contribution in [2.75, 3.05) is 45.0 Å². The van der Waals surface area contributed by atoms with Crippen LogP contribution in [0.3, 0.4) is 0 Å². The van der Waals surface area contributed by atoms with Crippen molar-refractivity contribution in [1.29, 1.82) is 0 Å². The van der Waals surface area contributed by atoms with Crippen LogP contribution in [0.5, 0.6) is 5.75 Å². The molecule has 188 valence electrons. The maximum Gasteiger partial charge on any atom is 0.252 e. The zero-order valence-corrected chi connectivity index (χ0v) is 21.7. The Morgan fingerprint density at radius 2 is 1.78 bits per heavy atom. The number of thioether (sulfide) groups is 1. The Kier molecular flexibility index (Phi) is 7.17. The van der Waals surface area contributed by atoms with Gasteiger partial charge in [-0.15, -0.1) is 0 Å². The summed E-state index contributed by atoms with van der Waals surface area (Å²) in [5, 5.41) is 1.16. The van der Waals surface area contributed by atoms with Crippen LogP contribution in [0.1, 0.15) is 36.0 Å². The largest absolute Gasteiger partial charge is 0.490 e. The first-order valence-electron chi connectivity index (χ1n) is 13.3. The summed E-state index contributed by atoms with van der Waals surface area (Å²) in [6, 6.07) is 17.0. The van der Waals surface area contributed by atoms with Gasteiger partial charge in [0.05, 0.1) is 0 Å².